The van der Waals surface area contributed by atoms with Crippen molar-refractivity contribution >= 4 is 11.9 Å². The monoisotopic (exact) mass is 382 g/mol. The van der Waals surface area contributed by atoms with E-state index in [1.54, 1.807) is 29.2 Å². The van der Waals surface area contributed by atoms with Crippen molar-refractivity contribution in [1.29, 1.82) is 5.26 Å². The van der Waals surface area contributed by atoms with Gasteiger partial charge in [0.05, 0.1) is 17.2 Å². The molecule has 0 radical (unpaired) electrons. The van der Waals surface area contributed by atoms with Crippen molar-refractivity contribution in [2.75, 3.05) is 39.3 Å². The minimum absolute atomic E-state index is 0.0649. The van der Waals surface area contributed by atoms with Gasteiger partial charge in [0.15, 0.2) is 0 Å². The lowest BCUT2D eigenvalue weighted by Crippen LogP contribution is -2.62. The largest absolute Gasteiger partial charge is 0.389 e. The molecule has 3 fully saturated rings. The number of urea groups is 1. The molecule has 3 aliphatic rings. The highest BCUT2D eigenvalue weighted by atomic mass is 16.3. The Hall–Kier alpha value is -2.59. The summed E-state index contributed by atoms with van der Waals surface area (Å²) in [6.45, 7) is 3.64. The van der Waals surface area contributed by atoms with Crippen molar-refractivity contribution in [2.24, 2.45) is 5.92 Å². The molecule has 7 heteroatoms. The third-order valence-electron chi connectivity index (χ3n) is 6.47. The predicted molar refractivity (Wildman–Crippen MR) is 103 cm³/mol. The Kier molecular flexibility index (Phi) is 4.98. The zero-order chi connectivity index (χ0) is 19.7. The maximum atomic E-state index is 12.9. The summed E-state index contributed by atoms with van der Waals surface area (Å²) in [6, 6.07) is 8.75. The molecule has 1 aromatic carbocycles. The number of likely N-dealkylation sites (tertiary alicyclic amines) is 3. The van der Waals surface area contributed by atoms with Crippen LogP contribution in [-0.2, 0) is 0 Å². The molecule has 2 atom stereocenters. The van der Waals surface area contributed by atoms with E-state index in [0.717, 1.165) is 25.9 Å². The molecule has 28 heavy (non-hydrogen) atoms. The predicted octanol–water partition coefficient (Wildman–Crippen LogP) is 1.67. The Balaban J connectivity index is 1.44. The van der Waals surface area contributed by atoms with Crippen LogP contribution >= 0.6 is 0 Å². The van der Waals surface area contributed by atoms with E-state index in [1.165, 1.54) is 0 Å². The number of hydrogen-bond acceptors (Lipinski definition) is 4. The summed E-state index contributed by atoms with van der Waals surface area (Å²) in [5, 5.41) is 20.0. The topological polar surface area (TPSA) is 87.9 Å². The third-order valence-corrected chi connectivity index (χ3v) is 6.47. The van der Waals surface area contributed by atoms with E-state index in [0.29, 0.717) is 50.1 Å². The number of nitrogens with zero attached hydrogens (tertiary/aromatic N) is 4. The molecule has 1 N–H and O–H groups in total. The molecule has 0 saturated carbocycles. The van der Waals surface area contributed by atoms with E-state index < -0.39 is 5.60 Å². The first-order chi connectivity index (χ1) is 13.5. The van der Waals surface area contributed by atoms with Crippen molar-refractivity contribution in [3.8, 4) is 6.07 Å². The first kappa shape index (κ1) is 18.8. The van der Waals surface area contributed by atoms with Crippen LogP contribution in [0.5, 0.6) is 0 Å². The normalized spacial score (nSPS) is 27.3. The minimum atomic E-state index is -0.802. The van der Waals surface area contributed by atoms with Crippen molar-refractivity contribution in [3.63, 3.8) is 0 Å². The highest BCUT2D eigenvalue weighted by molar-refractivity contribution is 5.94. The van der Waals surface area contributed by atoms with Crippen LogP contribution in [0.2, 0.25) is 0 Å². The van der Waals surface area contributed by atoms with E-state index in [4.69, 9.17) is 5.26 Å². The molecule has 0 aliphatic carbocycles. The number of aliphatic hydroxyl groups is 1. The van der Waals surface area contributed by atoms with Crippen LogP contribution in [0.3, 0.4) is 0 Å². The van der Waals surface area contributed by atoms with E-state index >= 15 is 0 Å². The highest BCUT2D eigenvalue weighted by Gasteiger charge is 2.47. The van der Waals surface area contributed by atoms with Crippen molar-refractivity contribution in [2.45, 2.75) is 31.3 Å². The highest BCUT2D eigenvalue weighted by Crippen LogP contribution is 2.36. The lowest BCUT2D eigenvalue weighted by molar-refractivity contribution is -0.101. The third kappa shape index (κ3) is 3.45. The Labute approximate surface area is 165 Å². The van der Waals surface area contributed by atoms with Crippen LogP contribution in [0.4, 0.5) is 4.79 Å². The van der Waals surface area contributed by atoms with Gasteiger partial charge in [-0.05, 0) is 49.9 Å². The number of piperidine rings is 2. The summed E-state index contributed by atoms with van der Waals surface area (Å²) in [7, 11) is 0. The van der Waals surface area contributed by atoms with Gasteiger partial charge < -0.3 is 19.8 Å². The molecule has 148 valence electrons. The molecule has 3 amide bonds. The number of hydrogen-bond donors (Lipinski definition) is 1. The molecular formula is C21H26N4O3. The van der Waals surface area contributed by atoms with E-state index in [2.05, 4.69) is 6.07 Å². The van der Waals surface area contributed by atoms with Gasteiger partial charge in [0.2, 0.25) is 0 Å². The second kappa shape index (κ2) is 7.44. The van der Waals surface area contributed by atoms with Crippen molar-refractivity contribution in [1.82, 2.24) is 14.7 Å². The smallest absolute Gasteiger partial charge is 0.320 e. The van der Waals surface area contributed by atoms with Gasteiger partial charge >= 0.3 is 6.03 Å². The van der Waals surface area contributed by atoms with Gasteiger partial charge in [-0.25, -0.2) is 4.79 Å². The van der Waals surface area contributed by atoms with Crippen molar-refractivity contribution < 1.29 is 14.7 Å². The van der Waals surface area contributed by atoms with Gasteiger partial charge in [0.25, 0.3) is 5.91 Å². The van der Waals surface area contributed by atoms with Crippen LogP contribution in [0.25, 0.3) is 0 Å². The summed E-state index contributed by atoms with van der Waals surface area (Å²) < 4.78 is 0. The van der Waals surface area contributed by atoms with Crippen LogP contribution in [0, 0.1) is 17.2 Å². The lowest BCUT2D eigenvalue weighted by Gasteiger charge is -2.50. The van der Waals surface area contributed by atoms with Gasteiger partial charge in [0.1, 0.15) is 0 Å². The molecule has 0 aromatic heterocycles. The minimum Gasteiger partial charge on any atom is -0.389 e. The van der Waals surface area contributed by atoms with Crippen molar-refractivity contribution in [3.05, 3.63) is 35.4 Å². The first-order valence-electron chi connectivity index (χ1n) is 10.1. The fourth-order valence-corrected chi connectivity index (χ4v) is 4.64. The number of nitriles is 1. The Morgan fingerprint density at radius 2 is 1.57 bits per heavy atom. The zero-order valence-corrected chi connectivity index (χ0v) is 16.0. The molecular weight excluding hydrogens is 356 g/mol. The number of rotatable bonds is 1. The summed E-state index contributed by atoms with van der Waals surface area (Å²) in [6.07, 6.45) is 3.21. The Bertz CT molecular complexity index is 797. The second-order valence-corrected chi connectivity index (χ2v) is 8.16. The summed E-state index contributed by atoms with van der Waals surface area (Å²) in [5.41, 5.74) is 0.265. The standard InChI is InChI=1S/C21H26N4O3/c22-13-16-3-5-17(6-4-16)19(26)24-11-7-21(28)8-12-25(15-18(21)14-24)20(27)23-9-1-2-10-23/h3-6,18,28H,1-2,7-12,14-15H2/t18-,21-/m1/s1. The Morgan fingerprint density at radius 1 is 0.964 bits per heavy atom. The summed E-state index contributed by atoms with van der Waals surface area (Å²) in [4.78, 5) is 31.1. The number of carbonyl (C=O) groups is 2. The van der Waals surface area contributed by atoms with Gasteiger partial charge in [-0.15, -0.1) is 0 Å². The maximum absolute atomic E-state index is 12.9. The molecule has 3 saturated heterocycles. The number of benzene rings is 1. The molecule has 1 aromatic rings. The van der Waals surface area contributed by atoms with Gasteiger partial charge in [0, 0.05) is 50.7 Å². The second-order valence-electron chi connectivity index (χ2n) is 8.16. The number of carbonyl (C=O) groups excluding carboxylic acids is 2. The van der Waals surface area contributed by atoms with Gasteiger partial charge in [-0.3, -0.25) is 4.79 Å². The number of fused-ring (bicyclic) bond motifs is 1. The van der Waals surface area contributed by atoms with Crippen LogP contribution < -0.4 is 0 Å². The quantitative estimate of drug-likeness (QED) is 0.800. The van der Waals surface area contributed by atoms with Gasteiger partial charge in [-0.1, -0.05) is 0 Å². The molecule has 7 nitrogen and oxygen atoms in total. The van der Waals surface area contributed by atoms with E-state index in [1.807, 2.05) is 9.80 Å². The first-order valence-corrected chi connectivity index (χ1v) is 10.1. The molecule has 0 bridgehead atoms. The van der Waals surface area contributed by atoms with Crippen LogP contribution in [-0.4, -0.2) is 76.6 Å². The van der Waals surface area contributed by atoms with E-state index in [9.17, 15) is 14.7 Å². The SMILES string of the molecule is N#Cc1ccc(C(=O)N2CC[C@@]3(O)CCN(C(=O)N4CCCC4)C[C@H]3C2)cc1. The van der Waals surface area contributed by atoms with Crippen LogP contribution in [0.1, 0.15) is 41.6 Å². The maximum Gasteiger partial charge on any atom is 0.320 e. The lowest BCUT2D eigenvalue weighted by atomic mass is 9.75. The molecule has 0 spiro atoms. The van der Waals surface area contributed by atoms with Gasteiger partial charge in [-0.2, -0.15) is 5.26 Å². The fraction of sp³-hybridized carbons (Fsp3) is 0.571. The number of amides is 3. The van der Waals surface area contributed by atoms with Crippen LogP contribution in [0.15, 0.2) is 24.3 Å². The summed E-state index contributed by atoms with van der Waals surface area (Å²) in [5.74, 6) is -0.224. The zero-order valence-electron chi connectivity index (χ0n) is 16.0. The molecule has 3 heterocycles. The van der Waals surface area contributed by atoms with E-state index in [-0.39, 0.29) is 17.9 Å². The summed E-state index contributed by atoms with van der Waals surface area (Å²) >= 11 is 0. The average Bonchev–Trinajstić information content (AvgIpc) is 3.27. The molecule has 0 unspecified atom stereocenters. The average molecular weight is 382 g/mol. The fourth-order valence-electron chi connectivity index (χ4n) is 4.64. The molecule has 4 rings (SSSR count). The Morgan fingerprint density at radius 3 is 2.21 bits per heavy atom. The molecule has 3 aliphatic heterocycles.